The largest absolute Gasteiger partial charge is 0.261 e. The van der Waals surface area contributed by atoms with Gasteiger partial charge in [-0.1, -0.05) is 18.2 Å². The van der Waals surface area contributed by atoms with Gasteiger partial charge in [-0.05, 0) is 49.6 Å². The molecule has 0 fully saturated rings. The van der Waals surface area contributed by atoms with E-state index in [1.54, 1.807) is 0 Å². The first-order chi connectivity index (χ1) is 7.16. The Kier molecular flexibility index (Phi) is 2.55. The Labute approximate surface area is 90.8 Å². The van der Waals surface area contributed by atoms with Crippen LogP contribution in [0.25, 0.3) is 11.1 Å². The van der Waals surface area contributed by atoms with Gasteiger partial charge >= 0.3 is 0 Å². The smallest absolute Gasteiger partial charge is 0.0373 e. The topological polar surface area (TPSA) is 12.9 Å². The lowest BCUT2D eigenvalue weighted by Gasteiger charge is -2.06. The number of hydrogen-bond acceptors (Lipinski definition) is 1. The molecule has 0 N–H and O–H groups in total. The molecule has 1 nitrogen and oxygen atoms in total. The summed E-state index contributed by atoms with van der Waals surface area (Å²) in [5, 5.41) is 0. The Morgan fingerprint density at radius 1 is 1.13 bits per heavy atom. The fourth-order valence-electron chi connectivity index (χ4n) is 1.60. The summed E-state index contributed by atoms with van der Waals surface area (Å²) in [6, 6.07) is 11.6. The molecule has 0 unspecified atom stereocenters. The molecular weight excluding hydrogens is 182 g/mol. The van der Waals surface area contributed by atoms with E-state index in [2.05, 4.69) is 37.0 Å². The number of pyridine rings is 1. The molecule has 1 aromatic carbocycles. The number of benzene rings is 1. The molecule has 1 heteroatoms. The van der Waals surface area contributed by atoms with E-state index in [4.69, 9.17) is 0 Å². The second kappa shape index (κ2) is 3.85. The zero-order chi connectivity index (χ0) is 10.8. The highest BCUT2D eigenvalue weighted by molar-refractivity contribution is 5.66. The predicted octanol–water partition coefficient (Wildman–Crippen LogP) is 3.47. The van der Waals surface area contributed by atoms with Crippen molar-refractivity contribution < 1.29 is 0 Å². The van der Waals surface area contributed by atoms with Gasteiger partial charge in [-0.15, -0.1) is 0 Å². The summed E-state index contributed by atoms with van der Waals surface area (Å²) in [5.74, 6) is 0. The van der Waals surface area contributed by atoms with Gasteiger partial charge in [-0.2, -0.15) is 0 Å². The summed E-state index contributed by atoms with van der Waals surface area (Å²) in [5.41, 5.74) is 5.84. The summed E-state index contributed by atoms with van der Waals surface area (Å²) in [4.78, 5) is 4.31. The van der Waals surface area contributed by atoms with Crippen LogP contribution in [0.4, 0.5) is 0 Å². The molecule has 0 atom stereocenters. The molecule has 2 aromatic rings. The third kappa shape index (κ3) is 2.07. The summed E-state index contributed by atoms with van der Waals surface area (Å²) in [6.45, 7) is 6.16. The highest BCUT2D eigenvalue weighted by atomic mass is 14.7. The van der Waals surface area contributed by atoms with E-state index < -0.39 is 0 Å². The number of aryl methyl sites for hydroxylation is 3. The average Bonchev–Trinajstić information content (AvgIpc) is 2.23. The lowest BCUT2D eigenvalue weighted by Crippen LogP contribution is -1.87. The molecule has 0 amide bonds. The maximum Gasteiger partial charge on any atom is 0.0373 e. The molecule has 1 aromatic heterocycles. The van der Waals surface area contributed by atoms with Crippen molar-refractivity contribution in [2.75, 3.05) is 0 Å². The van der Waals surface area contributed by atoms with Gasteiger partial charge in [0, 0.05) is 17.5 Å². The normalized spacial score (nSPS) is 10.3. The zero-order valence-electron chi connectivity index (χ0n) is 9.33. The van der Waals surface area contributed by atoms with Crippen LogP contribution < -0.4 is 0 Å². The van der Waals surface area contributed by atoms with E-state index in [0.29, 0.717) is 0 Å². The van der Waals surface area contributed by atoms with Crippen molar-refractivity contribution in [1.82, 2.24) is 4.98 Å². The van der Waals surface area contributed by atoms with Gasteiger partial charge < -0.3 is 0 Å². The van der Waals surface area contributed by atoms with Gasteiger partial charge in [0.25, 0.3) is 0 Å². The zero-order valence-corrected chi connectivity index (χ0v) is 9.33. The Bertz CT molecular complexity index is 469. The minimum atomic E-state index is 1.05. The number of hydrogen-bond donors (Lipinski definition) is 0. The average molecular weight is 196 g/mol. The van der Waals surface area contributed by atoms with Crippen LogP contribution in [0, 0.1) is 26.8 Å². The first-order valence-corrected chi connectivity index (χ1v) is 5.09. The maximum absolute atomic E-state index is 4.31. The first kappa shape index (κ1) is 9.91. The van der Waals surface area contributed by atoms with Gasteiger partial charge in [0.2, 0.25) is 0 Å². The van der Waals surface area contributed by atoms with E-state index >= 15 is 0 Å². The fourth-order valence-corrected chi connectivity index (χ4v) is 1.60. The van der Waals surface area contributed by atoms with Crippen molar-refractivity contribution in [1.29, 1.82) is 0 Å². The van der Waals surface area contributed by atoms with Gasteiger partial charge in [0.15, 0.2) is 0 Å². The van der Waals surface area contributed by atoms with Crippen molar-refractivity contribution in [2.45, 2.75) is 20.8 Å². The molecule has 0 spiro atoms. The van der Waals surface area contributed by atoms with Gasteiger partial charge in [0.05, 0.1) is 0 Å². The van der Waals surface area contributed by atoms with Gasteiger partial charge in [-0.3, -0.25) is 4.98 Å². The van der Waals surface area contributed by atoms with Crippen LogP contribution in [-0.2, 0) is 0 Å². The first-order valence-electron chi connectivity index (χ1n) is 5.09. The maximum atomic E-state index is 4.31. The highest BCUT2D eigenvalue weighted by Crippen LogP contribution is 2.23. The molecule has 0 aliphatic heterocycles. The SMILES string of the molecule is Cc1c[c]c(C)c(-c2ccc(C)nc2)c1. The third-order valence-electron chi connectivity index (χ3n) is 2.51. The van der Waals surface area contributed by atoms with Gasteiger partial charge in [-0.25, -0.2) is 0 Å². The summed E-state index contributed by atoms with van der Waals surface area (Å²) < 4.78 is 0. The van der Waals surface area contributed by atoms with Crippen LogP contribution in [0.2, 0.25) is 0 Å². The Morgan fingerprint density at radius 2 is 1.93 bits per heavy atom. The minimum Gasteiger partial charge on any atom is -0.261 e. The van der Waals surface area contributed by atoms with Crippen molar-refractivity contribution in [3.05, 3.63) is 53.3 Å². The molecule has 1 heterocycles. The van der Waals surface area contributed by atoms with E-state index in [1.807, 2.05) is 25.3 Å². The molecule has 0 aliphatic carbocycles. The quantitative estimate of drug-likeness (QED) is 0.680. The Hall–Kier alpha value is -1.63. The Morgan fingerprint density at radius 3 is 2.60 bits per heavy atom. The van der Waals surface area contributed by atoms with Crippen LogP contribution >= 0.6 is 0 Å². The van der Waals surface area contributed by atoms with E-state index in [-0.39, 0.29) is 0 Å². The van der Waals surface area contributed by atoms with Crippen LogP contribution in [0.1, 0.15) is 16.8 Å². The minimum absolute atomic E-state index is 1.05. The van der Waals surface area contributed by atoms with Gasteiger partial charge in [0.1, 0.15) is 0 Å². The predicted molar refractivity (Wildman–Crippen MR) is 62.7 cm³/mol. The molecule has 0 bridgehead atoms. The van der Waals surface area contributed by atoms with Crippen LogP contribution in [0.5, 0.6) is 0 Å². The number of aromatic nitrogens is 1. The standard InChI is InChI=1S/C14H14N/c1-10-4-5-11(2)14(8-10)13-7-6-12(3)15-9-13/h4,6-9H,1-3H3. The molecule has 0 saturated heterocycles. The van der Waals surface area contributed by atoms with Crippen molar-refractivity contribution in [2.24, 2.45) is 0 Å². The molecule has 2 rings (SSSR count). The summed E-state index contributed by atoms with van der Waals surface area (Å²) >= 11 is 0. The van der Waals surface area contributed by atoms with Crippen molar-refractivity contribution in [3.63, 3.8) is 0 Å². The lowest BCUT2D eigenvalue weighted by atomic mass is 10.00. The van der Waals surface area contributed by atoms with E-state index in [1.165, 1.54) is 16.7 Å². The van der Waals surface area contributed by atoms with E-state index in [0.717, 1.165) is 11.3 Å². The van der Waals surface area contributed by atoms with Crippen LogP contribution in [-0.4, -0.2) is 4.98 Å². The van der Waals surface area contributed by atoms with E-state index in [9.17, 15) is 0 Å². The molecule has 75 valence electrons. The van der Waals surface area contributed by atoms with Crippen LogP contribution in [0.3, 0.4) is 0 Å². The second-order valence-corrected chi connectivity index (χ2v) is 3.90. The van der Waals surface area contributed by atoms with Crippen molar-refractivity contribution in [3.8, 4) is 11.1 Å². The Balaban J connectivity index is 2.53. The monoisotopic (exact) mass is 196 g/mol. The summed E-state index contributed by atoms with van der Waals surface area (Å²) in [6.07, 6.45) is 1.92. The molecular formula is C14H14N. The second-order valence-electron chi connectivity index (χ2n) is 3.90. The highest BCUT2D eigenvalue weighted by Gasteiger charge is 2.02. The molecule has 15 heavy (non-hydrogen) atoms. The third-order valence-corrected chi connectivity index (χ3v) is 2.51. The lowest BCUT2D eigenvalue weighted by molar-refractivity contribution is 1.20. The van der Waals surface area contributed by atoms with Crippen molar-refractivity contribution >= 4 is 0 Å². The number of nitrogens with zero attached hydrogens (tertiary/aromatic N) is 1. The molecule has 0 aliphatic rings. The molecule has 1 radical (unpaired) electrons. The fraction of sp³-hybridized carbons (Fsp3) is 0.214. The molecule has 0 saturated carbocycles. The number of rotatable bonds is 1. The summed E-state index contributed by atoms with van der Waals surface area (Å²) in [7, 11) is 0. The van der Waals surface area contributed by atoms with Crippen LogP contribution in [0.15, 0.2) is 30.5 Å².